The predicted octanol–water partition coefficient (Wildman–Crippen LogP) is 1.24. The van der Waals surface area contributed by atoms with Crippen molar-refractivity contribution in [3.63, 3.8) is 0 Å². The number of nitrogens with zero attached hydrogens (tertiary/aromatic N) is 2. The standard InChI is InChI=1S/C23H31N3O3S/c1-4-25(17-21-8-6-5-7-9-21)23(27)18-24-12-14-26(15-13-24)30(28,29)22-11-10-19(2)16-20(22)3/h5-11,16H,4,12-15,17-18H2,1-3H3/p+1. The van der Waals surface area contributed by atoms with Crippen LogP contribution in [0.3, 0.4) is 0 Å². The summed E-state index contributed by atoms with van der Waals surface area (Å²) in [5.41, 5.74) is 2.95. The van der Waals surface area contributed by atoms with Crippen molar-refractivity contribution in [1.29, 1.82) is 0 Å². The third kappa shape index (κ3) is 5.28. The van der Waals surface area contributed by atoms with Crippen molar-refractivity contribution < 1.29 is 18.1 Å². The monoisotopic (exact) mass is 430 g/mol. The second-order valence-electron chi connectivity index (χ2n) is 7.99. The molecule has 162 valence electrons. The Morgan fingerprint density at radius 2 is 1.73 bits per heavy atom. The molecule has 0 saturated carbocycles. The number of aryl methyl sites for hydroxylation is 2. The van der Waals surface area contributed by atoms with Crippen molar-refractivity contribution in [2.45, 2.75) is 32.2 Å². The topological polar surface area (TPSA) is 62.1 Å². The van der Waals surface area contributed by atoms with Crippen LogP contribution in [0.25, 0.3) is 0 Å². The van der Waals surface area contributed by atoms with E-state index in [0.717, 1.165) is 21.6 Å². The van der Waals surface area contributed by atoms with Crippen molar-refractivity contribution in [3.05, 3.63) is 65.2 Å². The molecule has 1 N–H and O–H groups in total. The summed E-state index contributed by atoms with van der Waals surface area (Å²) in [6, 6.07) is 15.4. The third-order valence-electron chi connectivity index (χ3n) is 5.73. The molecule has 1 amide bonds. The minimum atomic E-state index is -3.50. The van der Waals surface area contributed by atoms with Crippen LogP contribution in [0.2, 0.25) is 0 Å². The van der Waals surface area contributed by atoms with E-state index in [1.165, 1.54) is 0 Å². The SMILES string of the molecule is CCN(Cc1ccccc1)C(=O)C[NH+]1CCN(S(=O)(=O)c2ccc(C)cc2C)CC1. The maximum atomic E-state index is 13.0. The van der Waals surface area contributed by atoms with Crippen LogP contribution < -0.4 is 4.90 Å². The molecule has 1 aliphatic heterocycles. The molecule has 30 heavy (non-hydrogen) atoms. The fourth-order valence-electron chi connectivity index (χ4n) is 3.95. The molecule has 2 aromatic rings. The van der Waals surface area contributed by atoms with Gasteiger partial charge in [0.05, 0.1) is 31.1 Å². The van der Waals surface area contributed by atoms with Gasteiger partial charge in [0.1, 0.15) is 0 Å². The van der Waals surface area contributed by atoms with E-state index in [4.69, 9.17) is 0 Å². The van der Waals surface area contributed by atoms with Crippen LogP contribution in [0.4, 0.5) is 0 Å². The van der Waals surface area contributed by atoms with Crippen LogP contribution in [0, 0.1) is 13.8 Å². The first-order valence-electron chi connectivity index (χ1n) is 10.5. The molecule has 1 aliphatic rings. The van der Waals surface area contributed by atoms with Gasteiger partial charge in [0.25, 0.3) is 5.91 Å². The number of benzene rings is 2. The van der Waals surface area contributed by atoms with Crippen LogP contribution in [-0.4, -0.2) is 62.8 Å². The van der Waals surface area contributed by atoms with Gasteiger partial charge in [-0.05, 0) is 38.0 Å². The molecule has 0 atom stereocenters. The highest BCUT2D eigenvalue weighted by molar-refractivity contribution is 7.89. The van der Waals surface area contributed by atoms with Gasteiger partial charge in [-0.2, -0.15) is 4.31 Å². The molecule has 6 nitrogen and oxygen atoms in total. The number of nitrogens with one attached hydrogen (secondary N) is 1. The molecule has 0 bridgehead atoms. The lowest BCUT2D eigenvalue weighted by Gasteiger charge is -2.32. The number of carbonyl (C=O) groups is 1. The molecule has 1 fully saturated rings. The number of amides is 1. The van der Waals surface area contributed by atoms with Gasteiger partial charge < -0.3 is 9.80 Å². The van der Waals surface area contributed by atoms with E-state index in [2.05, 4.69) is 0 Å². The van der Waals surface area contributed by atoms with Crippen molar-refractivity contribution >= 4 is 15.9 Å². The van der Waals surface area contributed by atoms with Gasteiger partial charge in [-0.1, -0.05) is 48.0 Å². The zero-order chi connectivity index (χ0) is 21.7. The minimum Gasteiger partial charge on any atom is -0.334 e. The van der Waals surface area contributed by atoms with E-state index in [1.54, 1.807) is 10.4 Å². The maximum Gasteiger partial charge on any atom is 0.278 e. The molecular formula is C23H32N3O3S+. The van der Waals surface area contributed by atoms with E-state index in [1.807, 2.05) is 68.1 Å². The smallest absolute Gasteiger partial charge is 0.278 e. The zero-order valence-corrected chi connectivity index (χ0v) is 18.9. The summed E-state index contributed by atoms with van der Waals surface area (Å²) in [4.78, 5) is 16.2. The quantitative estimate of drug-likeness (QED) is 0.719. The summed E-state index contributed by atoms with van der Waals surface area (Å²) in [6.45, 7) is 9.60. The summed E-state index contributed by atoms with van der Waals surface area (Å²) in [5, 5.41) is 0. The Hall–Kier alpha value is -2.22. The van der Waals surface area contributed by atoms with Crippen molar-refractivity contribution in [3.8, 4) is 0 Å². The van der Waals surface area contributed by atoms with E-state index in [9.17, 15) is 13.2 Å². The number of hydrogen-bond acceptors (Lipinski definition) is 3. The molecule has 1 saturated heterocycles. The Balaban J connectivity index is 1.57. The Bertz CT molecular complexity index is 968. The first-order valence-corrected chi connectivity index (χ1v) is 12.0. The number of hydrogen-bond donors (Lipinski definition) is 1. The molecular weight excluding hydrogens is 398 g/mol. The van der Waals surface area contributed by atoms with Crippen LogP contribution in [-0.2, 0) is 21.4 Å². The highest BCUT2D eigenvalue weighted by atomic mass is 32.2. The Labute approximate surface area is 180 Å². The lowest BCUT2D eigenvalue weighted by Crippen LogP contribution is -3.15. The summed E-state index contributed by atoms with van der Waals surface area (Å²) < 4.78 is 27.7. The average Bonchev–Trinajstić information content (AvgIpc) is 2.72. The van der Waals surface area contributed by atoms with Crippen LogP contribution in [0.5, 0.6) is 0 Å². The van der Waals surface area contributed by atoms with Gasteiger partial charge in [0, 0.05) is 13.1 Å². The molecule has 7 heteroatoms. The highest BCUT2D eigenvalue weighted by Crippen LogP contribution is 2.20. The zero-order valence-electron chi connectivity index (χ0n) is 18.1. The first kappa shape index (κ1) is 22.5. The van der Waals surface area contributed by atoms with E-state index in [-0.39, 0.29) is 5.91 Å². The average molecular weight is 431 g/mol. The number of likely N-dealkylation sites (N-methyl/N-ethyl adjacent to an activating group) is 1. The van der Waals surface area contributed by atoms with E-state index >= 15 is 0 Å². The molecule has 1 heterocycles. The fraction of sp³-hybridized carbons (Fsp3) is 0.435. The third-order valence-corrected chi connectivity index (χ3v) is 7.79. The van der Waals surface area contributed by atoms with Gasteiger partial charge in [-0.15, -0.1) is 0 Å². The predicted molar refractivity (Wildman–Crippen MR) is 118 cm³/mol. The van der Waals surface area contributed by atoms with Crippen LogP contribution in [0.1, 0.15) is 23.6 Å². The molecule has 0 aromatic heterocycles. The lowest BCUT2D eigenvalue weighted by atomic mass is 10.2. The van der Waals surface area contributed by atoms with Gasteiger partial charge in [0.15, 0.2) is 6.54 Å². The molecule has 2 aromatic carbocycles. The maximum absolute atomic E-state index is 13.0. The number of piperazine rings is 1. The van der Waals surface area contributed by atoms with Crippen LogP contribution in [0.15, 0.2) is 53.4 Å². The van der Waals surface area contributed by atoms with Crippen molar-refractivity contribution in [2.24, 2.45) is 0 Å². The summed E-state index contributed by atoms with van der Waals surface area (Å²) in [5.74, 6) is 0.113. The Morgan fingerprint density at radius 3 is 2.33 bits per heavy atom. The van der Waals surface area contributed by atoms with Crippen LogP contribution >= 0.6 is 0 Å². The Morgan fingerprint density at radius 1 is 1.07 bits per heavy atom. The fourth-order valence-corrected chi connectivity index (χ4v) is 5.60. The largest absolute Gasteiger partial charge is 0.334 e. The molecule has 0 unspecified atom stereocenters. The van der Waals surface area contributed by atoms with Gasteiger partial charge >= 0.3 is 0 Å². The number of rotatable bonds is 7. The van der Waals surface area contributed by atoms with Gasteiger partial charge in [-0.25, -0.2) is 8.42 Å². The summed E-state index contributed by atoms with van der Waals surface area (Å²) in [7, 11) is -3.50. The second-order valence-corrected chi connectivity index (χ2v) is 9.90. The van der Waals surface area contributed by atoms with Gasteiger partial charge in [0.2, 0.25) is 10.0 Å². The molecule has 0 aliphatic carbocycles. The number of sulfonamides is 1. The Kier molecular flexibility index (Phi) is 7.28. The number of carbonyl (C=O) groups excluding carboxylic acids is 1. The lowest BCUT2D eigenvalue weighted by molar-refractivity contribution is -0.896. The second kappa shape index (κ2) is 9.73. The molecule has 3 rings (SSSR count). The van der Waals surface area contributed by atoms with E-state index in [0.29, 0.717) is 50.7 Å². The normalized spacial score (nSPS) is 15.8. The first-order chi connectivity index (χ1) is 14.3. The molecule has 0 spiro atoms. The van der Waals surface area contributed by atoms with Crippen molar-refractivity contribution in [2.75, 3.05) is 39.3 Å². The van der Waals surface area contributed by atoms with E-state index < -0.39 is 10.0 Å². The van der Waals surface area contributed by atoms with Crippen molar-refractivity contribution in [1.82, 2.24) is 9.21 Å². The molecule has 0 radical (unpaired) electrons. The minimum absolute atomic E-state index is 0.113. The summed E-state index contributed by atoms with van der Waals surface area (Å²) in [6.07, 6.45) is 0. The summed E-state index contributed by atoms with van der Waals surface area (Å²) >= 11 is 0. The number of quaternary nitrogens is 1. The van der Waals surface area contributed by atoms with Gasteiger partial charge in [-0.3, -0.25) is 4.79 Å². The highest BCUT2D eigenvalue weighted by Gasteiger charge is 2.32.